The molecule has 0 saturated heterocycles. The van der Waals surface area contributed by atoms with Crippen molar-refractivity contribution in [2.75, 3.05) is 5.73 Å². The average molecular weight is 249 g/mol. The third-order valence-corrected chi connectivity index (χ3v) is 4.40. The molecule has 1 aliphatic rings. The summed E-state index contributed by atoms with van der Waals surface area (Å²) >= 11 is 0. The van der Waals surface area contributed by atoms with Crippen LogP contribution in [0, 0.1) is 11.3 Å². The minimum atomic E-state index is 0.364. The van der Waals surface area contributed by atoms with Gasteiger partial charge >= 0.3 is 0 Å². The van der Waals surface area contributed by atoms with Gasteiger partial charge in [0.1, 0.15) is 5.82 Å². The van der Waals surface area contributed by atoms with Gasteiger partial charge in [-0.05, 0) is 30.6 Å². The van der Waals surface area contributed by atoms with Gasteiger partial charge in [-0.1, -0.05) is 40.5 Å². The Labute approximate surface area is 111 Å². The number of aromatic nitrogens is 2. The van der Waals surface area contributed by atoms with Crippen molar-refractivity contribution in [1.82, 2.24) is 10.2 Å². The Kier molecular flexibility index (Phi) is 3.69. The molecule has 1 atom stereocenters. The highest BCUT2D eigenvalue weighted by atomic mass is 15.2. The van der Waals surface area contributed by atoms with Gasteiger partial charge in [-0.2, -0.15) is 5.10 Å². The number of hydrogen-bond acceptors (Lipinski definition) is 2. The van der Waals surface area contributed by atoms with Crippen molar-refractivity contribution in [3.05, 3.63) is 11.3 Å². The summed E-state index contributed by atoms with van der Waals surface area (Å²) in [6, 6.07) is 0. The molecule has 1 aromatic heterocycles. The summed E-state index contributed by atoms with van der Waals surface area (Å²) in [4.78, 5) is 0. The van der Waals surface area contributed by atoms with E-state index in [1.807, 2.05) is 0 Å². The number of rotatable bonds is 3. The van der Waals surface area contributed by atoms with Crippen LogP contribution in [0.2, 0.25) is 0 Å². The first-order valence-electron chi connectivity index (χ1n) is 7.24. The smallest absolute Gasteiger partial charge is 0.148 e. The van der Waals surface area contributed by atoms with E-state index in [0.717, 1.165) is 6.42 Å². The molecule has 0 spiro atoms. The predicted molar refractivity (Wildman–Crippen MR) is 76.5 cm³/mol. The van der Waals surface area contributed by atoms with Gasteiger partial charge in [0.05, 0.1) is 0 Å². The first-order chi connectivity index (χ1) is 8.42. The molecule has 18 heavy (non-hydrogen) atoms. The Morgan fingerprint density at radius 1 is 1.39 bits per heavy atom. The molecule has 1 aliphatic carbocycles. The average Bonchev–Trinajstić information content (AvgIpc) is 2.60. The molecule has 3 N–H and O–H groups in total. The van der Waals surface area contributed by atoms with Crippen molar-refractivity contribution in [2.45, 2.75) is 65.7 Å². The molecule has 2 rings (SSSR count). The molecule has 1 saturated carbocycles. The first kappa shape index (κ1) is 13.4. The number of H-pyrrole nitrogens is 1. The highest BCUT2D eigenvalue weighted by Gasteiger charge is 2.36. The molecule has 1 aromatic rings. The lowest BCUT2D eigenvalue weighted by Gasteiger charge is -2.38. The molecule has 102 valence electrons. The largest absolute Gasteiger partial charge is 0.382 e. The van der Waals surface area contributed by atoms with Crippen LogP contribution >= 0.6 is 0 Å². The highest BCUT2D eigenvalue weighted by molar-refractivity contribution is 5.44. The van der Waals surface area contributed by atoms with Crippen LogP contribution in [0.4, 0.5) is 5.82 Å². The van der Waals surface area contributed by atoms with E-state index in [9.17, 15) is 0 Å². The van der Waals surface area contributed by atoms with Crippen molar-refractivity contribution < 1.29 is 0 Å². The summed E-state index contributed by atoms with van der Waals surface area (Å²) in [5.41, 5.74) is 8.99. The van der Waals surface area contributed by atoms with E-state index < -0.39 is 0 Å². The molecule has 1 fully saturated rings. The van der Waals surface area contributed by atoms with E-state index in [-0.39, 0.29) is 0 Å². The van der Waals surface area contributed by atoms with Crippen LogP contribution in [-0.4, -0.2) is 10.2 Å². The quantitative estimate of drug-likeness (QED) is 0.854. The second-order valence-corrected chi connectivity index (χ2v) is 6.89. The fourth-order valence-corrected chi connectivity index (χ4v) is 3.33. The van der Waals surface area contributed by atoms with Gasteiger partial charge in [-0.15, -0.1) is 0 Å². The molecule has 0 aromatic carbocycles. The van der Waals surface area contributed by atoms with Crippen molar-refractivity contribution in [1.29, 1.82) is 0 Å². The van der Waals surface area contributed by atoms with E-state index in [1.165, 1.54) is 36.9 Å². The Morgan fingerprint density at radius 3 is 2.72 bits per heavy atom. The van der Waals surface area contributed by atoms with Gasteiger partial charge < -0.3 is 5.73 Å². The van der Waals surface area contributed by atoms with E-state index in [0.29, 0.717) is 23.1 Å². The van der Waals surface area contributed by atoms with E-state index >= 15 is 0 Å². The first-order valence-corrected chi connectivity index (χ1v) is 7.24. The number of hydrogen-bond donors (Lipinski definition) is 2. The molecule has 3 heteroatoms. The summed E-state index contributed by atoms with van der Waals surface area (Å²) in [6.07, 6.45) is 6.28. The zero-order valence-corrected chi connectivity index (χ0v) is 12.2. The predicted octanol–water partition coefficient (Wildman–Crippen LogP) is 3.87. The Bertz CT molecular complexity index is 404. The van der Waals surface area contributed by atoms with Crippen LogP contribution in [0.3, 0.4) is 0 Å². The molecular formula is C15H27N3. The number of nitrogens with one attached hydrogen (secondary N) is 1. The fraction of sp³-hybridized carbons (Fsp3) is 0.800. The van der Waals surface area contributed by atoms with Crippen LogP contribution in [-0.2, 0) is 6.42 Å². The summed E-state index contributed by atoms with van der Waals surface area (Å²) in [6.45, 7) is 9.24. The van der Waals surface area contributed by atoms with Crippen LogP contribution in [0.15, 0.2) is 0 Å². The van der Waals surface area contributed by atoms with Gasteiger partial charge in [0, 0.05) is 17.2 Å². The Balaban J connectivity index is 2.32. The molecule has 0 bridgehead atoms. The van der Waals surface area contributed by atoms with Gasteiger partial charge in [-0.25, -0.2) is 0 Å². The van der Waals surface area contributed by atoms with Crippen molar-refractivity contribution in [3.63, 3.8) is 0 Å². The van der Waals surface area contributed by atoms with E-state index in [1.54, 1.807) is 0 Å². The fourth-order valence-electron chi connectivity index (χ4n) is 3.33. The lowest BCUT2D eigenvalue weighted by atomic mass is 9.67. The second kappa shape index (κ2) is 4.94. The van der Waals surface area contributed by atoms with Crippen molar-refractivity contribution in [3.8, 4) is 0 Å². The number of anilines is 1. The summed E-state index contributed by atoms with van der Waals surface area (Å²) < 4.78 is 0. The minimum absolute atomic E-state index is 0.364. The zero-order chi connectivity index (χ0) is 13.3. The van der Waals surface area contributed by atoms with Crippen LogP contribution < -0.4 is 5.73 Å². The van der Waals surface area contributed by atoms with Gasteiger partial charge in [-0.3, -0.25) is 5.10 Å². The maximum absolute atomic E-state index is 6.04. The monoisotopic (exact) mass is 249 g/mol. The normalized spacial score (nSPS) is 23.5. The maximum Gasteiger partial charge on any atom is 0.148 e. The topological polar surface area (TPSA) is 54.7 Å². The molecule has 0 radical (unpaired) electrons. The Hall–Kier alpha value is -0.990. The van der Waals surface area contributed by atoms with Crippen LogP contribution in [0.25, 0.3) is 0 Å². The number of nitrogens with zero attached hydrogens (tertiary/aromatic N) is 1. The minimum Gasteiger partial charge on any atom is -0.382 e. The maximum atomic E-state index is 6.04. The van der Waals surface area contributed by atoms with Crippen LogP contribution in [0.5, 0.6) is 0 Å². The molecule has 1 heterocycles. The third kappa shape index (κ3) is 2.55. The number of nitrogens with two attached hydrogens (primary N) is 1. The lowest BCUT2D eigenvalue weighted by molar-refractivity contribution is 0.195. The number of nitrogen functional groups attached to an aromatic ring is 1. The van der Waals surface area contributed by atoms with Gasteiger partial charge in [0.2, 0.25) is 0 Å². The standard InChI is InChI=1S/C15H27N3/c1-10(2)9-11-13(17-18-14(11)16)12-7-5-6-8-15(12,3)4/h10,12H,5-9H2,1-4H3,(H3,16,17,18). The highest BCUT2D eigenvalue weighted by Crippen LogP contribution is 2.47. The molecular weight excluding hydrogens is 222 g/mol. The van der Waals surface area contributed by atoms with E-state index in [4.69, 9.17) is 5.73 Å². The van der Waals surface area contributed by atoms with E-state index in [2.05, 4.69) is 37.9 Å². The summed E-state index contributed by atoms with van der Waals surface area (Å²) in [5.74, 6) is 1.92. The lowest BCUT2D eigenvalue weighted by Crippen LogP contribution is -2.27. The molecule has 3 nitrogen and oxygen atoms in total. The molecule has 0 amide bonds. The van der Waals surface area contributed by atoms with Crippen molar-refractivity contribution >= 4 is 5.82 Å². The van der Waals surface area contributed by atoms with Gasteiger partial charge in [0.25, 0.3) is 0 Å². The number of aromatic amines is 1. The summed E-state index contributed by atoms with van der Waals surface area (Å²) in [7, 11) is 0. The third-order valence-electron chi connectivity index (χ3n) is 4.40. The zero-order valence-electron chi connectivity index (χ0n) is 12.2. The molecule has 1 unspecified atom stereocenters. The Morgan fingerprint density at radius 2 is 2.11 bits per heavy atom. The summed E-state index contributed by atoms with van der Waals surface area (Å²) in [5, 5.41) is 7.49. The second-order valence-electron chi connectivity index (χ2n) is 6.89. The molecule has 0 aliphatic heterocycles. The van der Waals surface area contributed by atoms with Crippen LogP contribution in [0.1, 0.15) is 70.6 Å². The SMILES string of the molecule is CC(C)Cc1c(N)n[nH]c1C1CCCCC1(C)C. The van der Waals surface area contributed by atoms with Crippen molar-refractivity contribution in [2.24, 2.45) is 11.3 Å². The van der Waals surface area contributed by atoms with Gasteiger partial charge in [0.15, 0.2) is 0 Å².